The summed E-state index contributed by atoms with van der Waals surface area (Å²) in [4.78, 5) is 13.9. The maximum Gasteiger partial charge on any atom is 0.493 e. The number of hydrogen-bond donors (Lipinski definition) is 0. The van der Waals surface area contributed by atoms with Gasteiger partial charge in [-0.05, 0) is 0 Å². The number of carbonyl (C=O) groups excluding carboxylic acids is 1. The lowest BCUT2D eigenvalue weighted by atomic mass is 10.7. The Balaban J connectivity index is 2.65. The van der Waals surface area contributed by atoms with Gasteiger partial charge in [0.1, 0.15) is 0 Å². The highest BCUT2D eigenvalue weighted by Crippen LogP contribution is 2.14. The zero-order valence-corrected chi connectivity index (χ0v) is 6.50. The second-order valence-corrected chi connectivity index (χ2v) is 2.18. The van der Waals surface area contributed by atoms with Gasteiger partial charge in [0.15, 0.2) is 5.15 Å². The summed E-state index contributed by atoms with van der Waals surface area (Å²) in [6.45, 7) is 0. The Morgan fingerprint density at radius 3 is 2.62 bits per heavy atom. The molecule has 1 rings (SSSR count). The van der Waals surface area contributed by atoms with Crippen LogP contribution in [0.3, 0.4) is 0 Å². The highest BCUT2D eigenvalue weighted by atomic mass is 35.5. The van der Waals surface area contributed by atoms with E-state index in [1.807, 2.05) is 0 Å². The average molecular weight is 216 g/mol. The maximum absolute atomic E-state index is 11.6. The van der Waals surface area contributed by atoms with Crippen LogP contribution in [0.4, 0.5) is 13.2 Å². The van der Waals surface area contributed by atoms with Gasteiger partial charge in [-0.3, -0.25) is 4.84 Å². The molecule has 1 aromatic heterocycles. The quantitative estimate of drug-likeness (QED) is 0.683. The molecule has 0 aliphatic carbocycles. The van der Waals surface area contributed by atoms with Crippen LogP contribution in [0.1, 0.15) is 0 Å². The predicted molar refractivity (Wildman–Crippen MR) is 32.7 cm³/mol. The molecule has 0 radical (unpaired) electrons. The van der Waals surface area contributed by atoms with Crippen LogP contribution in [-0.2, 0) is 4.79 Å². The van der Waals surface area contributed by atoms with Gasteiger partial charge in [0.05, 0.1) is 6.20 Å². The topological polar surface area (TPSA) is 57.0 Å². The molecule has 0 bridgehead atoms. The van der Waals surface area contributed by atoms with Crippen LogP contribution >= 0.6 is 11.6 Å². The summed E-state index contributed by atoms with van der Waals surface area (Å²) in [5.41, 5.74) is 0. The number of halogens is 4. The maximum atomic E-state index is 11.6. The number of hydrogen-bond acceptors (Lipinski definition) is 4. The largest absolute Gasteiger partial charge is 0.493 e. The minimum atomic E-state index is -5.08. The van der Waals surface area contributed by atoms with Crippen LogP contribution in [0.2, 0.25) is 5.15 Å². The molecule has 0 aliphatic heterocycles. The van der Waals surface area contributed by atoms with E-state index in [1.54, 1.807) is 0 Å². The molecule has 0 unspecified atom stereocenters. The molecule has 13 heavy (non-hydrogen) atoms. The third-order valence-electron chi connectivity index (χ3n) is 0.840. The molecule has 0 aromatic carbocycles. The van der Waals surface area contributed by atoms with Crippen LogP contribution in [0, 0.1) is 0 Å². The van der Waals surface area contributed by atoms with Crippen LogP contribution in [-0.4, -0.2) is 27.3 Å². The Bertz CT molecular complexity index is 323. The molecule has 9 heteroatoms. The lowest BCUT2D eigenvalue weighted by Crippen LogP contribution is -2.34. The fourth-order valence-corrected chi connectivity index (χ4v) is 0.509. The van der Waals surface area contributed by atoms with Crippen molar-refractivity contribution in [3.8, 4) is 0 Å². The molecule has 0 atom stereocenters. The molecular weight excluding hydrogens is 215 g/mol. The highest BCUT2D eigenvalue weighted by molar-refractivity contribution is 6.29. The van der Waals surface area contributed by atoms with Gasteiger partial charge in [0.2, 0.25) is 0 Å². The number of carbonyl (C=O) groups is 1. The van der Waals surface area contributed by atoms with Crippen molar-refractivity contribution >= 4 is 17.6 Å². The molecule has 0 aliphatic rings. The SMILES string of the molecule is O=C(On1ncc(Cl)n1)C(F)(F)F. The summed E-state index contributed by atoms with van der Waals surface area (Å²) in [7, 11) is 0. The summed E-state index contributed by atoms with van der Waals surface area (Å²) >= 11 is 5.19. The van der Waals surface area contributed by atoms with E-state index in [0.29, 0.717) is 0 Å². The molecular formula is C4HClF3N3O2. The Hall–Kier alpha value is -1.31. The monoisotopic (exact) mass is 215 g/mol. The van der Waals surface area contributed by atoms with Gasteiger partial charge in [0.25, 0.3) is 0 Å². The number of aromatic nitrogens is 3. The third-order valence-corrected chi connectivity index (χ3v) is 1.01. The van der Waals surface area contributed by atoms with Crippen molar-refractivity contribution < 1.29 is 22.8 Å². The second-order valence-electron chi connectivity index (χ2n) is 1.80. The molecule has 0 N–H and O–H groups in total. The summed E-state index contributed by atoms with van der Waals surface area (Å²) in [5.74, 6) is -2.42. The van der Waals surface area contributed by atoms with Crippen molar-refractivity contribution in [3.63, 3.8) is 0 Å². The van der Waals surface area contributed by atoms with E-state index < -0.39 is 12.1 Å². The van der Waals surface area contributed by atoms with Gasteiger partial charge in [-0.2, -0.15) is 13.2 Å². The highest BCUT2D eigenvalue weighted by Gasteiger charge is 2.42. The van der Waals surface area contributed by atoms with Gasteiger partial charge >= 0.3 is 12.1 Å². The van der Waals surface area contributed by atoms with E-state index in [2.05, 4.69) is 15.0 Å². The molecule has 0 amide bonds. The lowest BCUT2D eigenvalue weighted by Gasteiger charge is -2.02. The zero-order chi connectivity index (χ0) is 10.1. The van der Waals surface area contributed by atoms with Gasteiger partial charge in [-0.1, -0.05) is 11.6 Å². The number of nitrogens with zero attached hydrogens (tertiary/aromatic N) is 3. The van der Waals surface area contributed by atoms with E-state index in [9.17, 15) is 18.0 Å². The Morgan fingerprint density at radius 1 is 1.62 bits per heavy atom. The fraction of sp³-hybridized carbons (Fsp3) is 0.250. The predicted octanol–water partition coefficient (Wildman–Crippen LogP) is 0.449. The van der Waals surface area contributed by atoms with Crippen molar-refractivity contribution in [2.45, 2.75) is 6.18 Å². The zero-order valence-electron chi connectivity index (χ0n) is 5.75. The van der Waals surface area contributed by atoms with E-state index in [1.165, 1.54) is 0 Å². The van der Waals surface area contributed by atoms with Gasteiger partial charge in [-0.25, -0.2) is 4.79 Å². The summed E-state index contributed by atoms with van der Waals surface area (Å²) in [5, 5.41) is 6.01. The minimum Gasteiger partial charge on any atom is -0.292 e. The van der Waals surface area contributed by atoms with Crippen molar-refractivity contribution in [3.05, 3.63) is 11.3 Å². The molecule has 5 nitrogen and oxygen atoms in total. The smallest absolute Gasteiger partial charge is 0.292 e. The first-order valence-electron chi connectivity index (χ1n) is 2.77. The molecule has 0 fully saturated rings. The first-order chi connectivity index (χ1) is 5.89. The van der Waals surface area contributed by atoms with Crippen molar-refractivity contribution in [2.24, 2.45) is 0 Å². The van der Waals surface area contributed by atoms with Gasteiger partial charge < -0.3 is 0 Å². The first kappa shape index (κ1) is 9.78. The summed E-state index contributed by atoms with van der Waals surface area (Å²) in [6.07, 6.45) is -4.16. The van der Waals surface area contributed by atoms with Crippen molar-refractivity contribution in [1.29, 1.82) is 0 Å². The van der Waals surface area contributed by atoms with Gasteiger partial charge in [0, 0.05) is 4.96 Å². The third kappa shape index (κ3) is 2.58. The van der Waals surface area contributed by atoms with E-state index in [4.69, 9.17) is 11.6 Å². The number of rotatable bonds is 1. The van der Waals surface area contributed by atoms with Gasteiger partial charge in [-0.15, -0.1) is 10.2 Å². The standard InChI is InChI=1S/C4HClF3N3O2/c5-2-1-9-11(10-2)13-3(12)4(6,7)8/h1H. The molecule has 0 spiro atoms. The van der Waals surface area contributed by atoms with E-state index in [0.717, 1.165) is 6.20 Å². The number of alkyl halides is 3. The normalized spacial score (nSPS) is 11.4. The van der Waals surface area contributed by atoms with E-state index in [-0.39, 0.29) is 10.1 Å². The molecule has 0 saturated heterocycles. The average Bonchev–Trinajstić information content (AvgIpc) is 2.33. The molecule has 1 heterocycles. The van der Waals surface area contributed by atoms with Crippen LogP contribution < -0.4 is 4.84 Å². The Kier molecular flexibility index (Phi) is 2.41. The molecule has 72 valence electrons. The minimum absolute atomic E-state index is 0.0815. The Morgan fingerprint density at radius 2 is 2.23 bits per heavy atom. The van der Waals surface area contributed by atoms with Crippen LogP contribution in [0.15, 0.2) is 6.20 Å². The van der Waals surface area contributed by atoms with Crippen LogP contribution in [0.25, 0.3) is 0 Å². The second kappa shape index (κ2) is 3.21. The summed E-state index contributed by atoms with van der Waals surface area (Å²) < 4.78 is 34.7. The van der Waals surface area contributed by atoms with Crippen molar-refractivity contribution in [1.82, 2.24) is 15.2 Å². The van der Waals surface area contributed by atoms with Crippen LogP contribution in [0.5, 0.6) is 0 Å². The lowest BCUT2D eigenvalue weighted by molar-refractivity contribution is -0.203. The van der Waals surface area contributed by atoms with Crippen molar-refractivity contribution in [2.75, 3.05) is 0 Å². The first-order valence-corrected chi connectivity index (χ1v) is 3.15. The fourth-order valence-electron chi connectivity index (χ4n) is 0.400. The molecule has 1 aromatic rings. The summed E-state index contributed by atoms with van der Waals surface area (Å²) in [6, 6.07) is 0. The van der Waals surface area contributed by atoms with E-state index >= 15 is 0 Å². The molecule has 0 saturated carbocycles. The Labute approximate surface area is 74.0 Å².